The first kappa shape index (κ1) is 14.2. The minimum absolute atomic E-state index is 0.0976. The maximum absolute atomic E-state index is 12.0. The number of nitrogens with zero attached hydrogens (tertiary/aromatic N) is 1. The molecule has 0 fully saturated rings. The van der Waals surface area contributed by atoms with Gasteiger partial charge in [0, 0.05) is 18.9 Å². The number of carbonyl (C=O) groups is 1. The Kier molecular flexibility index (Phi) is 4.11. The highest BCUT2D eigenvalue weighted by atomic mass is 32.2. The molecule has 6 nitrogen and oxygen atoms in total. The lowest BCUT2D eigenvalue weighted by molar-refractivity contribution is -0.255. The van der Waals surface area contributed by atoms with E-state index in [-0.39, 0.29) is 17.0 Å². The van der Waals surface area contributed by atoms with Crippen LogP contribution in [0.5, 0.6) is 0 Å². The van der Waals surface area contributed by atoms with E-state index in [1.807, 2.05) is 0 Å². The van der Waals surface area contributed by atoms with Crippen molar-refractivity contribution in [1.82, 2.24) is 9.71 Å². The number of hydrogen-bond acceptors (Lipinski definition) is 5. The summed E-state index contributed by atoms with van der Waals surface area (Å²) in [5.41, 5.74) is 0.566. The second-order valence-corrected chi connectivity index (χ2v) is 5.76. The van der Waals surface area contributed by atoms with Gasteiger partial charge in [-0.1, -0.05) is 12.1 Å². The molecule has 0 aliphatic heterocycles. The molecular formula is C13H11N2O4S-. The first-order valence-corrected chi connectivity index (χ1v) is 7.17. The van der Waals surface area contributed by atoms with Gasteiger partial charge in [0.2, 0.25) is 10.0 Å². The Morgan fingerprint density at radius 1 is 1.20 bits per heavy atom. The number of aromatic nitrogens is 1. The molecule has 0 radical (unpaired) electrons. The van der Waals surface area contributed by atoms with Crippen LogP contribution in [0.2, 0.25) is 0 Å². The Labute approximate surface area is 116 Å². The van der Waals surface area contributed by atoms with Crippen molar-refractivity contribution >= 4 is 16.0 Å². The quantitative estimate of drug-likeness (QED) is 0.831. The van der Waals surface area contributed by atoms with Crippen molar-refractivity contribution in [1.29, 1.82) is 0 Å². The summed E-state index contributed by atoms with van der Waals surface area (Å²) in [5.74, 6) is -1.42. The minimum atomic E-state index is -3.78. The fourth-order valence-electron chi connectivity index (χ4n) is 1.55. The van der Waals surface area contributed by atoms with Crippen LogP contribution >= 0.6 is 0 Å². The maximum atomic E-state index is 12.0. The number of aromatic carboxylic acids is 1. The molecule has 0 bridgehead atoms. The third kappa shape index (κ3) is 3.40. The molecule has 1 N–H and O–H groups in total. The zero-order chi connectivity index (χ0) is 14.6. The Bertz CT molecular complexity index is 714. The predicted molar refractivity (Wildman–Crippen MR) is 69.0 cm³/mol. The van der Waals surface area contributed by atoms with E-state index in [2.05, 4.69) is 9.71 Å². The van der Waals surface area contributed by atoms with Crippen LogP contribution in [0.25, 0.3) is 0 Å². The van der Waals surface area contributed by atoms with E-state index in [9.17, 15) is 18.3 Å². The molecule has 0 unspecified atom stereocenters. The van der Waals surface area contributed by atoms with Crippen molar-refractivity contribution in [3.63, 3.8) is 0 Å². The Morgan fingerprint density at radius 2 is 1.90 bits per heavy atom. The summed E-state index contributed by atoms with van der Waals surface area (Å²) in [6.07, 6.45) is 3.11. The second-order valence-electron chi connectivity index (χ2n) is 4.00. The summed E-state index contributed by atoms with van der Waals surface area (Å²) in [6.45, 7) is 0.0976. The summed E-state index contributed by atoms with van der Waals surface area (Å²) >= 11 is 0. The normalized spacial score (nSPS) is 11.2. The molecule has 0 saturated carbocycles. The van der Waals surface area contributed by atoms with E-state index in [0.717, 1.165) is 11.6 Å². The van der Waals surface area contributed by atoms with E-state index in [1.165, 1.54) is 18.2 Å². The number of benzene rings is 1. The average Bonchev–Trinajstić information content (AvgIpc) is 2.46. The van der Waals surface area contributed by atoms with Crippen molar-refractivity contribution in [2.75, 3.05) is 0 Å². The van der Waals surface area contributed by atoms with Crippen molar-refractivity contribution < 1.29 is 18.3 Å². The molecule has 0 atom stereocenters. The highest BCUT2D eigenvalue weighted by Gasteiger charge is 2.14. The average molecular weight is 291 g/mol. The van der Waals surface area contributed by atoms with Crippen LogP contribution in [-0.4, -0.2) is 19.4 Å². The molecule has 20 heavy (non-hydrogen) atoms. The number of rotatable bonds is 5. The van der Waals surface area contributed by atoms with E-state index >= 15 is 0 Å². The van der Waals surface area contributed by atoms with E-state index in [0.29, 0.717) is 0 Å². The van der Waals surface area contributed by atoms with Gasteiger partial charge in [-0.05, 0) is 35.4 Å². The zero-order valence-electron chi connectivity index (χ0n) is 10.3. The highest BCUT2D eigenvalue weighted by Crippen LogP contribution is 2.11. The van der Waals surface area contributed by atoms with Crippen molar-refractivity contribution in [2.45, 2.75) is 11.4 Å². The number of carbonyl (C=O) groups excluding carboxylic acids is 1. The molecule has 1 heterocycles. The van der Waals surface area contributed by atoms with Gasteiger partial charge in [0.1, 0.15) is 0 Å². The fourth-order valence-corrected chi connectivity index (χ4v) is 2.62. The van der Waals surface area contributed by atoms with E-state index < -0.39 is 16.0 Å². The molecule has 0 spiro atoms. The SMILES string of the molecule is O=C([O-])c1cccc(S(=O)(=O)NCc2ccncc2)c1. The number of hydrogen-bond donors (Lipinski definition) is 1. The minimum Gasteiger partial charge on any atom is -0.545 e. The summed E-state index contributed by atoms with van der Waals surface area (Å²) < 4.78 is 26.5. The number of nitrogens with one attached hydrogen (secondary N) is 1. The van der Waals surface area contributed by atoms with Gasteiger partial charge >= 0.3 is 0 Å². The molecule has 0 saturated heterocycles. The van der Waals surface area contributed by atoms with Gasteiger partial charge in [-0.2, -0.15) is 0 Å². The highest BCUT2D eigenvalue weighted by molar-refractivity contribution is 7.89. The standard InChI is InChI=1S/C13H12N2O4S/c16-13(17)11-2-1-3-12(8-11)20(18,19)15-9-10-4-6-14-7-5-10/h1-8,15H,9H2,(H,16,17)/p-1. The van der Waals surface area contributed by atoms with Crippen LogP contribution in [-0.2, 0) is 16.6 Å². The fraction of sp³-hybridized carbons (Fsp3) is 0.0769. The van der Waals surface area contributed by atoms with Gasteiger partial charge in [-0.15, -0.1) is 0 Å². The van der Waals surface area contributed by atoms with Crippen LogP contribution in [0.3, 0.4) is 0 Å². The topological polar surface area (TPSA) is 99.2 Å². The number of pyridine rings is 1. The molecule has 2 rings (SSSR count). The molecule has 2 aromatic rings. The molecule has 0 aliphatic rings. The van der Waals surface area contributed by atoms with Gasteiger partial charge in [0.15, 0.2) is 0 Å². The van der Waals surface area contributed by atoms with Crippen LogP contribution < -0.4 is 9.83 Å². The lowest BCUT2D eigenvalue weighted by Gasteiger charge is -2.09. The van der Waals surface area contributed by atoms with Crippen LogP contribution in [0, 0.1) is 0 Å². The molecule has 7 heteroatoms. The van der Waals surface area contributed by atoms with Crippen LogP contribution in [0.1, 0.15) is 15.9 Å². The van der Waals surface area contributed by atoms with E-state index in [4.69, 9.17) is 0 Å². The molecular weight excluding hydrogens is 280 g/mol. The first-order valence-electron chi connectivity index (χ1n) is 5.69. The predicted octanol–water partition coefficient (Wildman–Crippen LogP) is -0.0764. The Balaban J connectivity index is 2.18. The second kappa shape index (κ2) is 5.81. The van der Waals surface area contributed by atoms with Gasteiger partial charge < -0.3 is 9.90 Å². The molecule has 1 aromatic heterocycles. The third-order valence-electron chi connectivity index (χ3n) is 2.60. The van der Waals surface area contributed by atoms with Crippen LogP contribution in [0.15, 0.2) is 53.7 Å². The third-order valence-corrected chi connectivity index (χ3v) is 3.99. The van der Waals surface area contributed by atoms with Crippen LogP contribution in [0.4, 0.5) is 0 Å². The number of carboxylic acids is 1. The lowest BCUT2D eigenvalue weighted by atomic mass is 10.2. The lowest BCUT2D eigenvalue weighted by Crippen LogP contribution is -2.25. The summed E-state index contributed by atoms with van der Waals surface area (Å²) in [4.78, 5) is 14.4. The molecule has 0 amide bonds. The largest absolute Gasteiger partial charge is 0.545 e. The zero-order valence-corrected chi connectivity index (χ0v) is 11.1. The van der Waals surface area contributed by atoms with Gasteiger partial charge in [0.25, 0.3) is 0 Å². The molecule has 104 valence electrons. The molecule has 1 aromatic carbocycles. The van der Waals surface area contributed by atoms with Gasteiger partial charge in [-0.25, -0.2) is 13.1 Å². The first-order chi connectivity index (χ1) is 9.49. The van der Waals surface area contributed by atoms with Gasteiger partial charge in [0.05, 0.1) is 10.9 Å². The summed E-state index contributed by atoms with van der Waals surface area (Å²) in [5, 5.41) is 10.7. The number of sulfonamides is 1. The van der Waals surface area contributed by atoms with Crippen molar-refractivity contribution in [2.24, 2.45) is 0 Å². The Morgan fingerprint density at radius 3 is 2.55 bits per heavy atom. The monoisotopic (exact) mass is 291 g/mol. The Hall–Kier alpha value is -2.25. The van der Waals surface area contributed by atoms with Crippen molar-refractivity contribution in [3.8, 4) is 0 Å². The summed E-state index contributed by atoms with van der Waals surface area (Å²) in [7, 11) is -3.78. The van der Waals surface area contributed by atoms with E-state index in [1.54, 1.807) is 24.5 Å². The number of carboxylic acid groups (broad SMARTS) is 1. The van der Waals surface area contributed by atoms with Gasteiger partial charge in [-0.3, -0.25) is 4.98 Å². The summed E-state index contributed by atoms with van der Waals surface area (Å²) in [6, 6.07) is 8.37. The maximum Gasteiger partial charge on any atom is 0.240 e. The smallest absolute Gasteiger partial charge is 0.240 e. The molecule has 0 aliphatic carbocycles. The van der Waals surface area contributed by atoms with Crippen molar-refractivity contribution in [3.05, 3.63) is 59.9 Å².